The van der Waals surface area contributed by atoms with E-state index in [2.05, 4.69) is 0 Å². The molecule has 0 atom stereocenters. The summed E-state index contributed by atoms with van der Waals surface area (Å²) in [5.74, 6) is 0. The Hall–Kier alpha value is 0.500. The van der Waals surface area contributed by atoms with Gasteiger partial charge in [-0.05, 0) is 0 Å². The number of rotatable bonds is 0. The molecule has 0 aliphatic rings. The van der Waals surface area contributed by atoms with Crippen LogP contribution in [0.1, 0.15) is 0 Å². The van der Waals surface area contributed by atoms with Crippen LogP contribution in [0.3, 0.4) is 0 Å². The summed E-state index contributed by atoms with van der Waals surface area (Å²) in [6.45, 7) is 0. The van der Waals surface area contributed by atoms with Crippen LogP contribution < -0.4 is 0 Å². The third-order valence-corrected chi connectivity index (χ3v) is 0. The summed E-state index contributed by atoms with van der Waals surface area (Å²) < 4.78 is 0. The third kappa shape index (κ3) is 1440. The summed E-state index contributed by atoms with van der Waals surface area (Å²) in [6.07, 6.45) is 1.50. The second-order valence-electron chi connectivity index (χ2n) is 0.204. The molecule has 9 heavy (non-hydrogen) atoms. The van der Waals surface area contributed by atoms with Gasteiger partial charge in [-0.1, -0.05) is 0 Å². The maximum Gasteiger partial charge on any atom is 0.231 e. The van der Waals surface area contributed by atoms with Gasteiger partial charge in [0.15, 0.2) is 0 Å². The van der Waals surface area contributed by atoms with Gasteiger partial charge in [0.05, 0.1) is 0 Å². The van der Waals surface area contributed by atoms with Gasteiger partial charge in [-0.3, -0.25) is 0 Å². The summed E-state index contributed by atoms with van der Waals surface area (Å²) in [5, 5.41) is 10.8. The number of hydrogen-bond donors (Lipinski definition) is 2. The van der Waals surface area contributed by atoms with Crippen LogP contribution in [-0.4, -0.2) is 12.2 Å². The van der Waals surface area contributed by atoms with E-state index >= 15 is 0 Å². The minimum atomic E-state index is 0. The predicted octanol–water partition coefficient (Wildman–Crippen LogP) is -0.206. The summed E-state index contributed by atoms with van der Waals surface area (Å²) in [4.78, 5) is 16.7. The second kappa shape index (κ2) is 76.5. The van der Waals surface area contributed by atoms with Crippen LogP contribution in [-0.2, 0) is 65.0 Å². The molecule has 0 amide bonds. The van der Waals surface area contributed by atoms with Crippen LogP contribution in [0.4, 0.5) is 0 Å². The Morgan fingerprint density at radius 3 is 0.889 bits per heavy atom. The van der Waals surface area contributed by atoms with E-state index in [1.165, 1.54) is 0 Å². The summed E-state index contributed by atoms with van der Waals surface area (Å²) >= 11 is 0. The van der Waals surface area contributed by atoms with E-state index in [1.54, 1.807) is 0 Å². The van der Waals surface area contributed by atoms with E-state index in [0.717, 1.165) is 12.2 Å². The van der Waals surface area contributed by atoms with Crippen LogP contribution in [0.2, 0.25) is 0 Å². The van der Waals surface area contributed by atoms with Crippen LogP contribution in [0.15, 0.2) is 0 Å². The second-order valence-corrected chi connectivity index (χ2v) is 0.204. The first-order valence-corrected chi connectivity index (χ1v) is 0.908. The average molecular weight is 276 g/mol. The molecule has 0 aliphatic carbocycles. The van der Waals surface area contributed by atoms with Crippen LogP contribution in [0.25, 0.3) is 0 Å². The van der Waals surface area contributed by atoms with Crippen molar-refractivity contribution in [2.75, 3.05) is 0 Å². The Morgan fingerprint density at radius 2 is 0.889 bits per heavy atom. The van der Waals surface area contributed by atoms with E-state index in [1.807, 2.05) is 0 Å². The smallest absolute Gasteiger partial charge is 0.222 e. The van der Waals surface area contributed by atoms with Crippen molar-refractivity contribution < 1.29 is 65.0 Å². The summed E-state index contributed by atoms with van der Waals surface area (Å²) in [5.41, 5.74) is 0. The summed E-state index contributed by atoms with van der Waals surface area (Å²) in [7, 11) is 0. The molecular formula is C2H2N2NiO2Zn2. The monoisotopic (exact) mass is 272 g/mol. The fourth-order valence-corrected chi connectivity index (χ4v) is 0. The van der Waals surface area contributed by atoms with Crippen molar-refractivity contribution >= 4 is 12.2 Å². The van der Waals surface area contributed by atoms with Gasteiger partial charge in [-0.25, -0.2) is 20.4 Å². The topological polar surface area (TPSA) is 81.8 Å². The minimum Gasteiger partial charge on any atom is -0.222 e. The normalized spacial score (nSPS) is 1.78. The van der Waals surface area contributed by atoms with Gasteiger partial charge in [0, 0.05) is 55.4 Å². The van der Waals surface area contributed by atoms with Crippen molar-refractivity contribution in [2.45, 2.75) is 0 Å². The zero-order valence-corrected chi connectivity index (χ0v) is 11.5. The Kier molecular flexibility index (Phi) is 288. The molecule has 4 nitrogen and oxygen atoms in total. The van der Waals surface area contributed by atoms with Gasteiger partial charge in [0.1, 0.15) is 0 Å². The van der Waals surface area contributed by atoms with Crippen molar-refractivity contribution in [3.8, 4) is 0 Å². The fourth-order valence-electron chi connectivity index (χ4n) is 0. The first-order chi connectivity index (χ1) is 2.83. The molecule has 0 saturated heterocycles. The van der Waals surface area contributed by atoms with E-state index in [0.29, 0.717) is 0 Å². The molecule has 46 valence electrons. The molecule has 0 aliphatic heterocycles. The van der Waals surface area contributed by atoms with Crippen molar-refractivity contribution in [2.24, 2.45) is 0 Å². The first-order valence-electron chi connectivity index (χ1n) is 0.908. The largest absolute Gasteiger partial charge is 0.231 e. The zero-order valence-electron chi connectivity index (χ0n) is 4.55. The summed E-state index contributed by atoms with van der Waals surface area (Å²) in [6, 6.07) is 0. The SMILES string of the molecule is N=C=O.N=C=O.[Ni].[Zn].[Zn]. The zero-order chi connectivity index (χ0) is 5.41. The molecule has 0 unspecified atom stereocenters. The van der Waals surface area contributed by atoms with Gasteiger partial charge in [0.2, 0.25) is 12.2 Å². The minimum absolute atomic E-state index is 0. The van der Waals surface area contributed by atoms with Crippen LogP contribution in [0, 0.1) is 10.8 Å². The van der Waals surface area contributed by atoms with Crippen molar-refractivity contribution in [3.63, 3.8) is 0 Å². The van der Waals surface area contributed by atoms with E-state index in [9.17, 15) is 0 Å². The average Bonchev–Trinajstić information content (AvgIpc) is 1.39. The standard InChI is InChI=1S/2CHNO.Ni.2Zn/c2*2-1-3;;;/h2*2H;;;. The Balaban J connectivity index is -0.00000000889. The molecule has 0 aromatic carbocycles. The molecule has 0 saturated carbocycles. The third-order valence-electron chi connectivity index (χ3n) is 0. The quantitative estimate of drug-likeness (QED) is 0.364. The molecule has 7 heteroatoms. The Bertz CT molecular complexity index is 74.6. The van der Waals surface area contributed by atoms with Gasteiger partial charge in [-0.2, -0.15) is 0 Å². The molecule has 0 aromatic rings. The van der Waals surface area contributed by atoms with Crippen molar-refractivity contribution in [1.82, 2.24) is 0 Å². The fraction of sp³-hybridized carbons (Fsp3) is 0. The van der Waals surface area contributed by atoms with E-state index in [-0.39, 0.29) is 55.4 Å². The number of carbonyl (C=O) groups excluding carboxylic acids is 2. The van der Waals surface area contributed by atoms with Crippen LogP contribution in [0.5, 0.6) is 0 Å². The molecular weight excluding hydrogens is 274 g/mol. The van der Waals surface area contributed by atoms with E-state index in [4.69, 9.17) is 20.4 Å². The molecule has 0 rings (SSSR count). The first kappa shape index (κ1) is 33.9. The molecule has 0 bridgehead atoms. The van der Waals surface area contributed by atoms with E-state index < -0.39 is 0 Å². The van der Waals surface area contributed by atoms with Gasteiger partial charge in [-0.15, -0.1) is 0 Å². The maximum atomic E-state index is 8.35. The molecule has 0 aromatic heterocycles. The molecule has 2 N–H and O–H groups in total. The molecule has 0 spiro atoms. The maximum absolute atomic E-state index is 8.35. The van der Waals surface area contributed by atoms with Crippen molar-refractivity contribution in [1.29, 1.82) is 10.8 Å². The van der Waals surface area contributed by atoms with Gasteiger partial charge in [0.25, 0.3) is 0 Å². The Morgan fingerprint density at radius 1 is 0.889 bits per heavy atom. The molecule has 0 fully saturated rings. The van der Waals surface area contributed by atoms with Gasteiger partial charge >= 0.3 is 0 Å². The van der Waals surface area contributed by atoms with Gasteiger partial charge < -0.3 is 0 Å². The molecule has 0 heterocycles. The number of isocyanates is 2. The Labute approximate surface area is 87.6 Å². The van der Waals surface area contributed by atoms with Crippen molar-refractivity contribution in [3.05, 3.63) is 0 Å². The molecule has 0 radical (unpaired) electrons. The van der Waals surface area contributed by atoms with Crippen LogP contribution >= 0.6 is 0 Å². The predicted molar refractivity (Wildman–Crippen MR) is 16.8 cm³/mol. The number of hydrogen-bond acceptors (Lipinski definition) is 4. The number of nitrogens with one attached hydrogen (secondary N) is 2.